The van der Waals surface area contributed by atoms with Crippen LogP contribution in [0.5, 0.6) is 0 Å². The van der Waals surface area contributed by atoms with Gasteiger partial charge in [0.2, 0.25) is 48.0 Å². The minimum Gasteiger partial charge on any atom is -0.463 e. The van der Waals surface area contributed by atoms with Crippen LogP contribution in [0.15, 0.2) is 48.2 Å². The Morgan fingerprint density at radius 1 is 0.525 bits per heavy atom. The van der Waals surface area contributed by atoms with Crippen LogP contribution in [0.4, 0.5) is 4.79 Å². The van der Waals surface area contributed by atoms with Gasteiger partial charge in [-0.3, -0.25) is 76.7 Å². The molecule has 0 aromatic rings. The number of hydrogen-bond acceptors (Lipinski definition) is 29. The third-order valence-electron chi connectivity index (χ3n) is 29.4. The van der Waals surface area contributed by atoms with Gasteiger partial charge < -0.3 is 87.1 Å². The highest BCUT2D eigenvalue weighted by Gasteiger charge is 2.68. The number of nitrogens with zero attached hydrogens (tertiary/aromatic N) is 7. The van der Waals surface area contributed by atoms with Crippen LogP contribution in [0, 0.1) is 93.7 Å². The predicted octanol–water partition coefficient (Wildman–Crippen LogP) is 11.1. The summed E-state index contributed by atoms with van der Waals surface area (Å²) in [6.07, 6.45) is 4.98. The number of ketones is 6. The van der Waals surface area contributed by atoms with Crippen LogP contribution in [0.3, 0.4) is 0 Å². The van der Waals surface area contributed by atoms with Crippen LogP contribution in [-0.4, -0.2) is 321 Å². The molecule has 4 fully saturated rings. The average Bonchev–Trinajstić information content (AvgIpc) is 1.58. The lowest BCUT2D eigenvalue weighted by atomic mass is 9.46. The molecule has 1 aliphatic heterocycles. The molecule has 0 radical (unpaired) electrons. The fraction of sp³-hybridized carbons (Fsp3) is 0.764. The summed E-state index contributed by atoms with van der Waals surface area (Å²) in [6, 6.07) is -6.92. The molecular weight excluding hydrogens is 1820 g/mol. The van der Waals surface area contributed by atoms with Crippen molar-refractivity contribution in [2.45, 2.75) is 308 Å². The van der Waals surface area contributed by atoms with Gasteiger partial charge in [0.15, 0.2) is 29.7 Å². The second kappa shape index (κ2) is 56.7. The van der Waals surface area contributed by atoms with Gasteiger partial charge in [-0.05, 0) is 143 Å². The molecule has 19 atom stereocenters. The van der Waals surface area contributed by atoms with E-state index in [2.05, 4.69) is 6.58 Å². The molecule has 5 aliphatic rings. The average molecular weight is 1990 g/mol. The van der Waals surface area contributed by atoms with Crippen molar-refractivity contribution in [3.63, 3.8) is 0 Å². The second-order valence-electron chi connectivity index (χ2n) is 42.6. The lowest BCUT2D eigenvalue weighted by molar-refractivity contribution is -0.181. The topological polar surface area (TPSA) is 436 Å². The van der Waals surface area contributed by atoms with Crippen molar-refractivity contribution < 1.29 is 134 Å². The molecule has 0 spiro atoms. The fourth-order valence-corrected chi connectivity index (χ4v) is 21.1. The molecule has 3 saturated carbocycles. The van der Waals surface area contributed by atoms with Gasteiger partial charge in [0.25, 0.3) is 0 Å². The normalized spacial score (nSPS) is 28.0. The van der Waals surface area contributed by atoms with Crippen molar-refractivity contribution in [1.29, 1.82) is 0 Å². The SMILES string of the molecule is C=C1C(CC(C)C)N(C)C(=O)C(C)CC(=O)C(C)CC(=O)C(CC(C)C)N(C)C(=O)C(C(C)C)CC(=O)[C@H](CC(C)C)N(C)C(=O)CN(C)C(=O)C(CC)CC(=O)C([C@H](OC(=O)OCOC(=O)CCC(=O)OCCOCCOCCOCCOC(=O)CCC(=O)OCC(=O)[C@@]2(O)CCC3C4CCC5=CC(=O)C=C[C@]5(C)C4C(O)C[C@@]32C)[C@H](C)C/C=C/C)N(C)C(=O)C(C(C)C)N(C)C(=O)C(CC(C)C)N1C. The van der Waals surface area contributed by atoms with Crippen molar-refractivity contribution in [1.82, 2.24) is 34.3 Å². The first-order valence-electron chi connectivity index (χ1n) is 50.8. The molecule has 796 valence electrons. The van der Waals surface area contributed by atoms with Crippen LogP contribution in [0.1, 0.15) is 254 Å². The Balaban J connectivity index is 1.24. The number of rotatable bonds is 39. The van der Waals surface area contributed by atoms with E-state index in [0.29, 0.717) is 31.4 Å². The second-order valence-corrected chi connectivity index (χ2v) is 42.6. The van der Waals surface area contributed by atoms with E-state index in [4.69, 9.17) is 42.6 Å². The Labute approximate surface area is 836 Å². The molecule has 13 unspecified atom stereocenters. The van der Waals surface area contributed by atoms with Crippen molar-refractivity contribution in [2.75, 3.05) is 122 Å². The molecular formula is C106H169N7O28. The molecule has 6 amide bonds. The van der Waals surface area contributed by atoms with E-state index in [9.17, 15) is 77.3 Å². The summed E-state index contributed by atoms with van der Waals surface area (Å²) in [5, 5.41) is 23.7. The zero-order valence-electron chi connectivity index (χ0n) is 89.1. The number of fused-ring (bicyclic) bond motifs is 5. The number of carbonyl (C=O) groups excluding carboxylic acids is 17. The third-order valence-corrected chi connectivity index (χ3v) is 29.4. The van der Waals surface area contributed by atoms with Crippen molar-refractivity contribution in [2.24, 2.45) is 93.7 Å². The molecule has 1 heterocycles. The highest BCUT2D eigenvalue weighted by molar-refractivity contribution is 6.02. The van der Waals surface area contributed by atoms with Crippen LogP contribution in [0.25, 0.3) is 0 Å². The fourth-order valence-electron chi connectivity index (χ4n) is 21.1. The molecule has 35 nitrogen and oxygen atoms in total. The monoisotopic (exact) mass is 1990 g/mol. The van der Waals surface area contributed by atoms with Gasteiger partial charge in [0.1, 0.15) is 48.8 Å². The molecule has 2 N–H and O–H groups in total. The Kier molecular flexibility index (Phi) is 49.1. The van der Waals surface area contributed by atoms with E-state index in [-0.39, 0.29) is 189 Å². The molecule has 0 aromatic carbocycles. The minimum atomic E-state index is -1.84. The van der Waals surface area contributed by atoms with Gasteiger partial charge in [0.05, 0.1) is 96.1 Å². The summed E-state index contributed by atoms with van der Waals surface area (Å²) >= 11 is 0. The van der Waals surface area contributed by atoms with Gasteiger partial charge in [-0.25, -0.2) is 4.79 Å². The Bertz CT molecular complexity index is 4400. The molecule has 1 saturated heterocycles. The Hall–Kier alpha value is -9.45. The van der Waals surface area contributed by atoms with Gasteiger partial charge >= 0.3 is 30.0 Å². The molecule has 5 rings (SSSR count). The lowest BCUT2D eigenvalue weighted by Crippen LogP contribution is -2.61. The maximum Gasteiger partial charge on any atom is 0.511 e. The third kappa shape index (κ3) is 33.8. The number of ether oxygens (including phenoxy) is 9. The van der Waals surface area contributed by atoms with E-state index >= 15 is 14.4 Å². The van der Waals surface area contributed by atoms with E-state index in [1.807, 2.05) is 75.3 Å². The maximum atomic E-state index is 16.0. The van der Waals surface area contributed by atoms with Gasteiger partial charge in [-0.2, -0.15) is 0 Å². The van der Waals surface area contributed by atoms with Crippen molar-refractivity contribution >= 4 is 100 Å². The first-order chi connectivity index (χ1) is 66.0. The summed E-state index contributed by atoms with van der Waals surface area (Å²) < 4.78 is 48.7. The summed E-state index contributed by atoms with van der Waals surface area (Å²) in [6.45, 7) is 37.0. The van der Waals surface area contributed by atoms with E-state index in [1.165, 1.54) is 54.8 Å². The molecule has 35 heteroatoms. The zero-order chi connectivity index (χ0) is 106. The number of hydrogen-bond donors (Lipinski definition) is 2. The van der Waals surface area contributed by atoms with E-state index in [0.717, 1.165) is 15.4 Å². The largest absolute Gasteiger partial charge is 0.511 e. The first-order valence-corrected chi connectivity index (χ1v) is 50.8. The summed E-state index contributed by atoms with van der Waals surface area (Å²) in [5.74, 6) is -16.0. The number of carbonyl (C=O) groups is 17. The molecule has 141 heavy (non-hydrogen) atoms. The predicted molar refractivity (Wildman–Crippen MR) is 525 cm³/mol. The van der Waals surface area contributed by atoms with Crippen molar-refractivity contribution in [3.05, 3.63) is 48.2 Å². The summed E-state index contributed by atoms with van der Waals surface area (Å²) in [4.78, 5) is 251. The highest BCUT2D eigenvalue weighted by Crippen LogP contribution is 2.67. The van der Waals surface area contributed by atoms with Gasteiger partial charge in [0, 0.05) is 121 Å². The van der Waals surface area contributed by atoms with E-state index in [1.54, 1.807) is 106 Å². The van der Waals surface area contributed by atoms with Gasteiger partial charge in [-0.15, -0.1) is 0 Å². The molecule has 4 aliphatic carbocycles. The zero-order valence-corrected chi connectivity index (χ0v) is 89.1. The number of esters is 4. The smallest absolute Gasteiger partial charge is 0.463 e. The Morgan fingerprint density at radius 3 is 1.54 bits per heavy atom. The number of allylic oxidation sites excluding steroid dienone is 6. The number of Topliss-reactive ketones (excluding diaryl/α,β-unsaturated/α-hetero) is 5. The highest BCUT2D eigenvalue weighted by atomic mass is 16.8. The first kappa shape index (κ1) is 122. The summed E-state index contributed by atoms with van der Waals surface area (Å²) in [5.41, 5.74) is -1.96. The van der Waals surface area contributed by atoms with Gasteiger partial charge in [-0.1, -0.05) is 155 Å². The number of aliphatic hydroxyl groups excluding tert-OH is 1. The Morgan fingerprint density at radius 2 is 1.01 bits per heavy atom. The standard InChI is InChI=1S/C106H169N7O28/c1-28-30-31-69(15)97(141-103(131)140-62-139-93(125)37-35-91(123)137-49-47-135-45-43-133-42-44-134-46-48-136-90(122)34-36-92(124)138-61-88(120)106(132)41-39-78-76-33-32-74-57-75(114)38-40-104(74,19)94(76)87(119)59-105(78,106)20)96-86(118)56-73(29-2)99(127)107(21)60-89(121)109(23)80(51-64(5)6)85(117)58-77(67(11)12)100(128)111(25)81(52-65(7)8)84(116)54-70(16)83(115)55-71(17)98(126)110(24)79(50-63(3)4)72(18)108(22)82(53-66(9)10)101(129)112(26)95(68(13)14)102(130)113(96)27/h28,30,38,40,57,63-71,73,76-82,87,94-97,119,132H,18,29,31-37,39,41-56,58-62H2,1-17,19-27H3/b30-28+/t69-,70?,71?,73?,76?,77?,78?,79?,80+,81?,82?,87?,94?,95?,96?,97-,104+,105+,106+/m1/s1. The van der Waals surface area contributed by atoms with Crippen molar-refractivity contribution in [3.8, 4) is 0 Å². The lowest BCUT2D eigenvalue weighted by Gasteiger charge is -2.59. The quantitative estimate of drug-likeness (QED) is 0.0190. The number of amides is 6. The summed E-state index contributed by atoms with van der Waals surface area (Å²) in [7, 11) is 10.4. The van der Waals surface area contributed by atoms with E-state index < -0.39 is 228 Å². The molecule has 0 bridgehead atoms. The minimum absolute atomic E-state index is 0.00429. The van der Waals surface area contributed by atoms with Crippen LogP contribution >= 0.6 is 0 Å². The van der Waals surface area contributed by atoms with Crippen LogP contribution in [-0.2, 0) is 119 Å². The maximum absolute atomic E-state index is 16.0. The number of likely N-dealkylation sites (N-methyl/N-ethyl adjacent to an activating group) is 7. The van der Waals surface area contributed by atoms with Crippen LogP contribution in [0.2, 0.25) is 0 Å². The molecule has 0 aromatic heterocycles. The number of aliphatic hydroxyl groups is 2. The van der Waals surface area contributed by atoms with Crippen LogP contribution < -0.4 is 0 Å².